The number of rotatable bonds is 9. The first kappa shape index (κ1) is 27.5. The first-order chi connectivity index (χ1) is 19.1. The Labute approximate surface area is 230 Å². The number of ether oxygens (including phenoxy) is 3. The summed E-state index contributed by atoms with van der Waals surface area (Å²) in [5.41, 5.74) is 4.07. The molecule has 0 bridgehead atoms. The predicted octanol–water partition coefficient (Wildman–Crippen LogP) is 5.33. The quantitative estimate of drug-likeness (QED) is 0.389. The molecule has 2 heterocycles. The van der Waals surface area contributed by atoms with E-state index in [1.165, 1.54) is 0 Å². The number of benzene rings is 3. The second kappa shape index (κ2) is 12.9. The Kier molecular flexibility index (Phi) is 9.06. The smallest absolute Gasteiger partial charge is 0.255 e. The number of carbonyl (C=O) groups excluding carboxylic acids is 1. The summed E-state index contributed by atoms with van der Waals surface area (Å²) in [6.45, 7) is 4.74. The van der Waals surface area contributed by atoms with E-state index in [1.54, 1.807) is 19.2 Å². The molecule has 1 amide bonds. The third kappa shape index (κ3) is 6.57. The Morgan fingerprint density at radius 2 is 1.82 bits per heavy atom. The molecule has 0 aliphatic carbocycles. The molecule has 5 rings (SSSR count). The highest BCUT2D eigenvalue weighted by molar-refractivity contribution is 6.04. The van der Waals surface area contributed by atoms with E-state index in [0.29, 0.717) is 17.3 Å². The van der Waals surface area contributed by atoms with Gasteiger partial charge < -0.3 is 24.6 Å². The average molecular weight is 531 g/mol. The number of aliphatic hydroxyl groups excluding tert-OH is 1. The van der Waals surface area contributed by atoms with Gasteiger partial charge in [0.15, 0.2) is 6.29 Å². The van der Waals surface area contributed by atoms with Gasteiger partial charge in [0.05, 0.1) is 25.4 Å². The Morgan fingerprint density at radius 3 is 2.56 bits per heavy atom. The summed E-state index contributed by atoms with van der Waals surface area (Å²) in [6.07, 6.45) is 1.44. The molecule has 7 nitrogen and oxygen atoms in total. The van der Waals surface area contributed by atoms with Crippen LogP contribution in [0.3, 0.4) is 0 Å². The van der Waals surface area contributed by atoms with Crippen LogP contribution in [-0.4, -0.2) is 54.9 Å². The van der Waals surface area contributed by atoms with Crippen molar-refractivity contribution in [3.8, 4) is 0 Å². The molecule has 2 fully saturated rings. The normalized spacial score (nSPS) is 25.5. The van der Waals surface area contributed by atoms with E-state index >= 15 is 0 Å². The molecular formula is C32H38N2O5. The fourth-order valence-corrected chi connectivity index (χ4v) is 5.63. The second-order valence-corrected chi connectivity index (χ2v) is 10.5. The van der Waals surface area contributed by atoms with E-state index in [4.69, 9.17) is 14.2 Å². The maximum atomic E-state index is 12.8. The Hall–Kier alpha value is -3.07. The molecule has 2 N–H and O–H groups in total. The molecule has 3 aromatic rings. The van der Waals surface area contributed by atoms with E-state index in [-0.39, 0.29) is 30.6 Å². The van der Waals surface area contributed by atoms with E-state index in [9.17, 15) is 9.90 Å². The van der Waals surface area contributed by atoms with Crippen molar-refractivity contribution in [1.29, 1.82) is 0 Å². The first-order valence-electron chi connectivity index (χ1n) is 13.8. The van der Waals surface area contributed by atoms with Crippen molar-refractivity contribution in [1.82, 2.24) is 4.90 Å². The number of anilines is 1. The molecule has 3 aromatic carbocycles. The first-order valence-corrected chi connectivity index (χ1v) is 13.8. The third-order valence-electron chi connectivity index (χ3n) is 7.85. The molecule has 2 aliphatic rings. The standard InChI is InChI=1S/C32H38N2O5/c1-22-29(19-34-17-7-12-28(34)21-37-2)38-32(39-30(22)24-15-13-23(20-35)14-16-24)26-10-6-11-27(18-26)33-31(36)25-8-4-3-5-9-25/h3-6,8-11,13-16,18,22,28-30,32,35H,7,12,17,19-21H2,1-2H3,(H,33,36)/t22-,28+,29+,30+,32+/m1/s1. The molecule has 5 atom stereocenters. The monoisotopic (exact) mass is 530 g/mol. The van der Waals surface area contributed by atoms with Crippen LogP contribution >= 0.6 is 0 Å². The molecule has 39 heavy (non-hydrogen) atoms. The fraction of sp³-hybridized carbons (Fsp3) is 0.406. The summed E-state index contributed by atoms with van der Waals surface area (Å²) in [6, 6.07) is 25.2. The lowest BCUT2D eigenvalue weighted by molar-refractivity contribution is -0.276. The molecule has 2 aliphatic heterocycles. The van der Waals surface area contributed by atoms with Gasteiger partial charge in [0.25, 0.3) is 5.91 Å². The number of hydrogen-bond acceptors (Lipinski definition) is 6. The van der Waals surface area contributed by atoms with Crippen molar-refractivity contribution < 1.29 is 24.1 Å². The third-order valence-corrected chi connectivity index (χ3v) is 7.85. The van der Waals surface area contributed by atoms with Crippen LogP contribution in [0.1, 0.15) is 59.2 Å². The number of amides is 1. The molecule has 206 valence electrons. The largest absolute Gasteiger partial charge is 0.392 e. The number of hydrogen-bond donors (Lipinski definition) is 2. The van der Waals surface area contributed by atoms with Gasteiger partial charge in [0, 0.05) is 42.4 Å². The van der Waals surface area contributed by atoms with Crippen LogP contribution in [-0.2, 0) is 20.8 Å². The van der Waals surface area contributed by atoms with E-state index in [0.717, 1.165) is 49.2 Å². The molecular weight excluding hydrogens is 492 g/mol. The van der Waals surface area contributed by atoms with Crippen molar-refractivity contribution in [2.75, 3.05) is 32.1 Å². The van der Waals surface area contributed by atoms with E-state index < -0.39 is 6.29 Å². The molecule has 0 aromatic heterocycles. The Morgan fingerprint density at radius 1 is 1.03 bits per heavy atom. The average Bonchev–Trinajstić information content (AvgIpc) is 3.41. The van der Waals surface area contributed by atoms with Crippen molar-refractivity contribution in [2.24, 2.45) is 5.92 Å². The summed E-state index contributed by atoms with van der Waals surface area (Å²) >= 11 is 0. The molecule has 0 spiro atoms. The van der Waals surface area contributed by atoms with Crippen molar-refractivity contribution >= 4 is 11.6 Å². The SMILES string of the molecule is COC[C@@H]1CCCN1C[C@@H]1O[C@H](c2cccc(NC(=O)c3ccccc3)c2)O[C@H](c2ccc(CO)cc2)[C@@H]1C. The van der Waals surface area contributed by atoms with Crippen LogP contribution in [0.4, 0.5) is 5.69 Å². The minimum Gasteiger partial charge on any atom is -0.392 e. The number of carbonyl (C=O) groups is 1. The van der Waals surface area contributed by atoms with Crippen LogP contribution in [0.5, 0.6) is 0 Å². The Bertz CT molecular complexity index is 1220. The molecule has 2 saturated heterocycles. The molecule has 0 unspecified atom stereocenters. The predicted molar refractivity (Wildman–Crippen MR) is 150 cm³/mol. The minimum absolute atomic E-state index is 0.00700. The van der Waals surface area contributed by atoms with Gasteiger partial charge in [-0.15, -0.1) is 0 Å². The van der Waals surface area contributed by atoms with Gasteiger partial charge >= 0.3 is 0 Å². The zero-order chi connectivity index (χ0) is 27.2. The van der Waals surface area contributed by atoms with Gasteiger partial charge in [-0.1, -0.05) is 61.5 Å². The van der Waals surface area contributed by atoms with Gasteiger partial charge in [-0.25, -0.2) is 0 Å². The van der Waals surface area contributed by atoms with Crippen LogP contribution in [0, 0.1) is 5.92 Å². The highest BCUT2D eigenvalue weighted by Crippen LogP contribution is 2.42. The van der Waals surface area contributed by atoms with E-state index in [1.807, 2.05) is 66.7 Å². The van der Waals surface area contributed by atoms with Crippen molar-refractivity contribution in [2.45, 2.75) is 50.9 Å². The number of methoxy groups -OCH3 is 1. The maximum absolute atomic E-state index is 12.8. The summed E-state index contributed by atoms with van der Waals surface area (Å²) in [5.74, 6) is -0.0595. The van der Waals surface area contributed by atoms with Crippen LogP contribution in [0.15, 0.2) is 78.9 Å². The summed E-state index contributed by atoms with van der Waals surface area (Å²) in [4.78, 5) is 15.2. The lowest BCUT2D eigenvalue weighted by atomic mass is 9.90. The summed E-state index contributed by atoms with van der Waals surface area (Å²) in [5, 5.41) is 12.5. The minimum atomic E-state index is -0.592. The highest BCUT2D eigenvalue weighted by Gasteiger charge is 2.40. The number of nitrogens with zero attached hydrogens (tertiary/aromatic N) is 1. The van der Waals surface area contributed by atoms with Gasteiger partial charge in [0.2, 0.25) is 0 Å². The number of nitrogens with one attached hydrogen (secondary N) is 1. The van der Waals surface area contributed by atoms with Crippen LogP contribution in [0.25, 0.3) is 0 Å². The number of likely N-dealkylation sites (tertiary alicyclic amines) is 1. The maximum Gasteiger partial charge on any atom is 0.255 e. The molecule has 0 saturated carbocycles. The summed E-state index contributed by atoms with van der Waals surface area (Å²) < 4.78 is 18.8. The van der Waals surface area contributed by atoms with E-state index in [2.05, 4.69) is 17.1 Å². The number of aliphatic hydroxyl groups is 1. The van der Waals surface area contributed by atoms with Gasteiger partial charge in [-0.2, -0.15) is 0 Å². The summed E-state index contributed by atoms with van der Waals surface area (Å²) in [7, 11) is 1.76. The topological polar surface area (TPSA) is 80.3 Å². The lowest BCUT2D eigenvalue weighted by Crippen LogP contribution is -2.46. The lowest BCUT2D eigenvalue weighted by Gasteiger charge is -2.43. The van der Waals surface area contributed by atoms with Crippen LogP contribution < -0.4 is 5.32 Å². The second-order valence-electron chi connectivity index (χ2n) is 10.5. The zero-order valence-corrected chi connectivity index (χ0v) is 22.7. The Balaban J connectivity index is 1.39. The van der Waals surface area contributed by atoms with Crippen LogP contribution in [0.2, 0.25) is 0 Å². The van der Waals surface area contributed by atoms with Gasteiger partial charge in [-0.3, -0.25) is 9.69 Å². The highest BCUT2D eigenvalue weighted by atomic mass is 16.7. The fourth-order valence-electron chi connectivity index (χ4n) is 5.63. The molecule has 0 radical (unpaired) electrons. The zero-order valence-electron chi connectivity index (χ0n) is 22.7. The van der Waals surface area contributed by atoms with Gasteiger partial charge in [0.1, 0.15) is 0 Å². The van der Waals surface area contributed by atoms with Crippen molar-refractivity contribution in [3.05, 3.63) is 101 Å². The van der Waals surface area contributed by atoms with Crippen molar-refractivity contribution in [3.63, 3.8) is 0 Å². The van der Waals surface area contributed by atoms with Gasteiger partial charge in [-0.05, 0) is 54.8 Å². The molecule has 7 heteroatoms.